The van der Waals surface area contributed by atoms with Crippen LogP contribution in [0.1, 0.15) is 22.7 Å². The minimum Gasteiger partial charge on any atom is -0.472 e. The fourth-order valence-corrected chi connectivity index (χ4v) is 2.98. The number of amides is 1. The van der Waals surface area contributed by atoms with Crippen molar-refractivity contribution >= 4 is 5.91 Å². The standard InChI is InChI=1S/C19H17FN4O3/c1-12-22-18(23-27-12)13-6-7-17(21-10-13)26-14-8-9-24(11-14)19(25)15-4-2-3-5-16(15)20/h2-7,10,14H,8-9,11H2,1H3/t14-/m0/s1. The quantitative estimate of drug-likeness (QED) is 0.704. The summed E-state index contributed by atoms with van der Waals surface area (Å²) >= 11 is 0. The third-order valence-electron chi connectivity index (χ3n) is 4.35. The van der Waals surface area contributed by atoms with Gasteiger partial charge in [-0.3, -0.25) is 4.79 Å². The molecule has 1 aliphatic rings. The van der Waals surface area contributed by atoms with Crippen molar-refractivity contribution in [1.29, 1.82) is 0 Å². The summed E-state index contributed by atoms with van der Waals surface area (Å²) < 4.78 is 24.6. The number of ether oxygens (including phenoxy) is 1. The number of nitrogens with zero attached hydrogens (tertiary/aromatic N) is 4. The number of aryl methyl sites for hydroxylation is 1. The van der Waals surface area contributed by atoms with E-state index < -0.39 is 5.82 Å². The summed E-state index contributed by atoms with van der Waals surface area (Å²) in [6.45, 7) is 2.62. The van der Waals surface area contributed by atoms with Crippen molar-refractivity contribution in [1.82, 2.24) is 20.0 Å². The summed E-state index contributed by atoms with van der Waals surface area (Å²) in [4.78, 5) is 22.5. The molecule has 1 amide bonds. The smallest absolute Gasteiger partial charge is 0.256 e. The molecule has 0 N–H and O–H groups in total. The lowest BCUT2D eigenvalue weighted by Crippen LogP contribution is -2.31. The number of pyridine rings is 1. The van der Waals surface area contributed by atoms with Crippen molar-refractivity contribution < 1.29 is 18.4 Å². The maximum atomic E-state index is 13.8. The first-order valence-corrected chi connectivity index (χ1v) is 8.57. The molecule has 7 nitrogen and oxygen atoms in total. The summed E-state index contributed by atoms with van der Waals surface area (Å²) in [5.41, 5.74) is 0.804. The molecular weight excluding hydrogens is 351 g/mol. The second-order valence-corrected chi connectivity index (χ2v) is 6.28. The Balaban J connectivity index is 1.38. The molecule has 0 bridgehead atoms. The van der Waals surface area contributed by atoms with Crippen LogP contribution in [0.4, 0.5) is 4.39 Å². The molecule has 1 aliphatic heterocycles. The minimum absolute atomic E-state index is 0.0797. The molecule has 138 valence electrons. The van der Waals surface area contributed by atoms with E-state index in [4.69, 9.17) is 9.26 Å². The number of hydrogen-bond donors (Lipinski definition) is 0. The number of benzene rings is 1. The van der Waals surface area contributed by atoms with Crippen molar-refractivity contribution in [2.45, 2.75) is 19.4 Å². The fraction of sp³-hybridized carbons (Fsp3) is 0.263. The number of likely N-dealkylation sites (tertiary alicyclic amines) is 1. The van der Waals surface area contributed by atoms with E-state index in [1.165, 1.54) is 12.1 Å². The second kappa shape index (κ2) is 7.14. The van der Waals surface area contributed by atoms with Gasteiger partial charge in [-0.2, -0.15) is 4.98 Å². The molecule has 0 unspecified atom stereocenters. The van der Waals surface area contributed by atoms with Crippen LogP contribution < -0.4 is 4.74 Å². The van der Waals surface area contributed by atoms with Crippen molar-refractivity contribution in [2.75, 3.05) is 13.1 Å². The van der Waals surface area contributed by atoms with Crippen LogP contribution >= 0.6 is 0 Å². The summed E-state index contributed by atoms with van der Waals surface area (Å²) in [7, 11) is 0. The molecule has 27 heavy (non-hydrogen) atoms. The van der Waals surface area contributed by atoms with E-state index in [2.05, 4.69) is 15.1 Å². The van der Waals surface area contributed by atoms with Crippen LogP contribution in [0.25, 0.3) is 11.4 Å². The average Bonchev–Trinajstić information content (AvgIpc) is 3.31. The monoisotopic (exact) mass is 368 g/mol. The lowest BCUT2D eigenvalue weighted by Gasteiger charge is -2.17. The Hall–Kier alpha value is -3.29. The number of carbonyl (C=O) groups excluding carboxylic acids is 1. The zero-order chi connectivity index (χ0) is 18.8. The van der Waals surface area contributed by atoms with E-state index >= 15 is 0 Å². The molecule has 8 heteroatoms. The van der Waals surface area contributed by atoms with Gasteiger partial charge < -0.3 is 14.2 Å². The highest BCUT2D eigenvalue weighted by Crippen LogP contribution is 2.22. The molecule has 0 radical (unpaired) electrons. The highest BCUT2D eigenvalue weighted by molar-refractivity contribution is 5.94. The Bertz CT molecular complexity index is 958. The highest BCUT2D eigenvalue weighted by Gasteiger charge is 2.29. The number of carbonyl (C=O) groups is 1. The van der Waals surface area contributed by atoms with Crippen LogP contribution in [0.15, 0.2) is 47.1 Å². The van der Waals surface area contributed by atoms with Gasteiger partial charge in [-0.15, -0.1) is 0 Å². The van der Waals surface area contributed by atoms with Gasteiger partial charge in [-0.05, 0) is 18.2 Å². The van der Waals surface area contributed by atoms with Crippen LogP contribution in [0, 0.1) is 12.7 Å². The molecule has 1 atom stereocenters. The maximum absolute atomic E-state index is 13.8. The van der Waals surface area contributed by atoms with Crippen molar-refractivity contribution in [2.24, 2.45) is 0 Å². The largest absolute Gasteiger partial charge is 0.472 e. The van der Waals surface area contributed by atoms with Gasteiger partial charge in [0.25, 0.3) is 5.91 Å². The van der Waals surface area contributed by atoms with E-state index in [9.17, 15) is 9.18 Å². The lowest BCUT2D eigenvalue weighted by atomic mass is 10.2. The molecular formula is C19H17FN4O3. The van der Waals surface area contributed by atoms with Crippen LogP contribution in [0.3, 0.4) is 0 Å². The van der Waals surface area contributed by atoms with Crippen LogP contribution in [0.2, 0.25) is 0 Å². The van der Waals surface area contributed by atoms with Crippen molar-refractivity contribution in [3.05, 3.63) is 59.9 Å². The van der Waals surface area contributed by atoms with Gasteiger partial charge in [-0.1, -0.05) is 17.3 Å². The topological polar surface area (TPSA) is 81.4 Å². The molecule has 1 fully saturated rings. The summed E-state index contributed by atoms with van der Waals surface area (Å²) in [5.74, 6) is 0.560. The Morgan fingerprint density at radius 1 is 1.30 bits per heavy atom. The molecule has 4 rings (SSSR count). The van der Waals surface area contributed by atoms with Gasteiger partial charge in [0.05, 0.1) is 12.1 Å². The van der Waals surface area contributed by atoms with Gasteiger partial charge in [0.1, 0.15) is 11.9 Å². The van der Waals surface area contributed by atoms with E-state index in [0.29, 0.717) is 37.1 Å². The molecule has 0 aliphatic carbocycles. The molecule has 2 aromatic heterocycles. The van der Waals surface area contributed by atoms with Gasteiger partial charge in [-0.25, -0.2) is 9.37 Å². The molecule has 0 saturated carbocycles. The van der Waals surface area contributed by atoms with Gasteiger partial charge >= 0.3 is 0 Å². The number of halogens is 1. The highest BCUT2D eigenvalue weighted by atomic mass is 19.1. The Morgan fingerprint density at radius 2 is 2.15 bits per heavy atom. The molecule has 0 spiro atoms. The summed E-state index contributed by atoms with van der Waals surface area (Å²) in [5, 5.41) is 3.84. The second-order valence-electron chi connectivity index (χ2n) is 6.28. The SMILES string of the molecule is Cc1nc(-c2ccc(O[C@H]3CCN(C(=O)c4ccccc4F)C3)nc2)no1. The first-order chi connectivity index (χ1) is 13.1. The first kappa shape index (κ1) is 17.1. The van der Waals surface area contributed by atoms with Crippen LogP contribution in [-0.4, -0.2) is 45.1 Å². The fourth-order valence-electron chi connectivity index (χ4n) is 2.98. The van der Waals surface area contributed by atoms with Crippen LogP contribution in [-0.2, 0) is 0 Å². The van der Waals surface area contributed by atoms with Gasteiger partial charge in [0.2, 0.25) is 17.6 Å². The molecule has 3 heterocycles. The lowest BCUT2D eigenvalue weighted by molar-refractivity contribution is 0.0766. The van der Waals surface area contributed by atoms with Crippen LogP contribution in [0.5, 0.6) is 5.88 Å². The van der Waals surface area contributed by atoms with Crippen molar-refractivity contribution in [3.63, 3.8) is 0 Å². The van der Waals surface area contributed by atoms with E-state index in [-0.39, 0.29) is 17.6 Å². The summed E-state index contributed by atoms with van der Waals surface area (Å²) in [6.07, 6.45) is 2.08. The predicted molar refractivity (Wildman–Crippen MR) is 93.6 cm³/mol. The number of rotatable bonds is 4. The van der Waals surface area contributed by atoms with E-state index in [1.54, 1.807) is 42.3 Å². The molecule has 3 aromatic rings. The van der Waals surface area contributed by atoms with E-state index in [0.717, 1.165) is 5.56 Å². The molecule has 1 saturated heterocycles. The minimum atomic E-state index is -0.513. The predicted octanol–water partition coefficient (Wildman–Crippen LogP) is 2.87. The van der Waals surface area contributed by atoms with E-state index in [1.807, 2.05) is 0 Å². The zero-order valence-corrected chi connectivity index (χ0v) is 14.6. The summed E-state index contributed by atoms with van der Waals surface area (Å²) in [6, 6.07) is 9.51. The first-order valence-electron chi connectivity index (χ1n) is 8.57. The normalized spacial score (nSPS) is 16.5. The van der Waals surface area contributed by atoms with Gasteiger partial charge in [0, 0.05) is 37.7 Å². The maximum Gasteiger partial charge on any atom is 0.256 e. The third kappa shape index (κ3) is 3.64. The molecule has 1 aromatic carbocycles. The number of hydrogen-bond acceptors (Lipinski definition) is 6. The average molecular weight is 368 g/mol. The van der Waals surface area contributed by atoms with Crippen molar-refractivity contribution in [3.8, 4) is 17.3 Å². The number of aromatic nitrogens is 3. The zero-order valence-electron chi connectivity index (χ0n) is 14.6. The Labute approximate surface area is 154 Å². The third-order valence-corrected chi connectivity index (χ3v) is 4.35. The Morgan fingerprint density at radius 3 is 2.85 bits per heavy atom. The van der Waals surface area contributed by atoms with Gasteiger partial charge in [0.15, 0.2) is 0 Å². The Kier molecular flexibility index (Phi) is 4.53.